The van der Waals surface area contributed by atoms with Gasteiger partial charge in [-0.2, -0.15) is 5.26 Å². The van der Waals surface area contributed by atoms with E-state index in [4.69, 9.17) is 11.6 Å². The number of rotatable bonds is 6. The standard InChI is InChI=1S/C44H47ClN8O5/c1-28-24-44(27-52(28)33-7-4-30(25-46)37(45)23-33)13-16-48(17-14-44)31-5-2-29(3-6-31)41(56)50-20-18-49(19-21-50)34-12-15-51(26-34)32-8-9-35-36(22-32)43(58)53(42(35)57)38-10-11-39(54)47-40(38)55/h2-9,22-23,28,34,38H,10-21,24,26-27H2,1H3,(H,47,54,55)/t28-,34+,38?/m0/s1. The zero-order valence-electron chi connectivity index (χ0n) is 32.7. The summed E-state index contributed by atoms with van der Waals surface area (Å²) in [5, 5.41) is 12.0. The first kappa shape index (κ1) is 38.1. The molecule has 300 valence electrons. The maximum Gasteiger partial charge on any atom is 0.262 e. The van der Waals surface area contributed by atoms with Crippen LogP contribution in [0.5, 0.6) is 0 Å². The minimum absolute atomic E-state index is 0.0588. The number of imide groups is 2. The highest BCUT2D eigenvalue weighted by atomic mass is 35.5. The Hall–Kier alpha value is -5.45. The van der Waals surface area contributed by atoms with E-state index < -0.39 is 29.7 Å². The van der Waals surface area contributed by atoms with E-state index in [-0.39, 0.29) is 29.7 Å². The number of hydrogen-bond acceptors (Lipinski definition) is 10. The molecule has 14 heteroatoms. The van der Waals surface area contributed by atoms with Gasteiger partial charge in [-0.3, -0.25) is 39.1 Å². The first-order chi connectivity index (χ1) is 28.0. The summed E-state index contributed by atoms with van der Waals surface area (Å²) in [6.45, 7) is 9.65. The summed E-state index contributed by atoms with van der Waals surface area (Å²) in [6.07, 6.45) is 4.49. The van der Waals surface area contributed by atoms with Crippen LogP contribution in [0, 0.1) is 16.7 Å². The largest absolute Gasteiger partial charge is 0.371 e. The Morgan fingerprint density at radius 1 is 0.810 bits per heavy atom. The molecule has 0 radical (unpaired) electrons. The van der Waals surface area contributed by atoms with E-state index >= 15 is 0 Å². The van der Waals surface area contributed by atoms with Crippen LogP contribution in [-0.2, 0) is 9.59 Å². The van der Waals surface area contributed by atoms with Crippen molar-refractivity contribution in [3.05, 3.63) is 87.9 Å². The molecule has 3 aromatic rings. The Morgan fingerprint density at radius 3 is 2.22 bits per heavy atom. The Labute approximate surface area is 343 Å². The van der Waals surface area contributed by atoms with Crippen molar-refractivity contribution >= 4 is 58.2 Å². The number of nitriles is 1. The summed E-state index contributed by atoms with van der Waals surface area (Å²) in [4.78, 5) is 76.8. The maximum absolute atomic E-state index is 13.6. The number of carbonyl (C=O) groups excluding carboxylic acids is 5. The van der Waals surface area contributed by atoms with E-state index in [1.807, 2.05) is 41.3 Å². The van der Waals surface area contributed by atoms with Gasteiger partial charge >= 0.3 is 0 Å². The highest BCUT2D eigenvalue weighted by Gasteiger charge is 2.46. The minimum atomic E-state index is -0.985. The molecule has 1 spiro atoms. The molecule has 6 heterocycles. The van der Waals surface area contributed by atoms with Crippen molar-refractivity contribution in [2.45, 2.75) is 63.6 Å². The van der Waals surface area contributed by atoms with Crippen molar-refractivity contribution in [2.75, 3.05) is 73.6 Å². The minimum Gasteiger partial charge on any atom is -0.371 e. The van der Waals surface area contributed by atoms with Crippen LogP contribution in [0.2, 0.25) is 5.02 Å². The average Bonchev–Trinajstić information content (AvgIpc) is 3.92. The third-order valence-electron chi connectivity index (χ3n) is 13.5. The van der Waals surface area contributed by atoms with Gasteiger partial charge in [-0.25, -0.2) is 0 Å². The third kappa shape index (κ3) is 6.86. The van der Waals surface area contributed by atoms with Gasteiger partial charge in [-0.1, -0.05) is 11.6 Å². The van der Waals surface area contributed by atoms with Crippen molar-refractivity contribution in [2.24, 2.45) is 5.41 Å². The number of nitrogens with zero attached hydrogens (tertiary/aromatic N) is 7. The molecule has 0 bridgehead atoms. The van der Waals surface area contributed by atoms with Gasteiger partial charge in [0.25, 0.3) is 17.7 Å². The van der Waals surface area contributed by atoms with Crippen LogP contribution in [0.3, 0.4) is 0 Å². The van der Waals surface area contributed by atoms with Gasteiger partial charge in [0, 0.05) is 100 Å². The lowest BCUT2D eigenvalue weighted by Gasteiger charge is -2.40. The number of hydrogen-bond donors (Lipinski definition) is 1. The van der Waals surface area contributed by atoms with Crippen LogP contribution >= 0.6 is 11.6 Å². The van der Waals surface area contributed by atoms with E-state index in [2.05, 4.69) is 50.0 Å². The Balaban J connectivity index is 0.753. The van der Waals surface area contributed by atoms with Gasteiger partial charge in [0.2, 0.25) is 11.8 Å². The molecule has 5 amide bonds. The summed E-state index contributed by atoms with van der Waals surface area (Å²) < 4.78 is 0. The third-order valence-corrected chi connectivity index (χ3v) is 13.9. The number of benzene rings is 3. The van der Waals surface area contributed by atoms with Crippen molar-refractivity contribution < 1.29 is 24.0 Å². The summed E-state index contributed by atoms with van der Waals surface area (Å²) in [6, 6.07) is 21.0. The number of piperidine rings is 2. The molecule has 0 aliphatic carbocycles. The van der Waals surface area contributed by atoms with Gasteiger partial charge in [0.15, 0.2) is 0 Å². The summed E-state index contributed by atoms with van der Waals surface area (Å²) in [7, 11) is 0. The Bertz CT molecular complexity index is 2220. The molecule has 58 heavy (non-hydrogen) atoms. The number of halogens is 1. The summed E-state index contributed by atoms with van der Waals surface area (Å²) in [5.41, 5.74) is 5.12. The highest BCUT2D eigenvalue weighted by molar-refractivity contribution is 6.32. The van der Waals surface area contributed by atoms with Crippen molar-refractivity contribution in [1.29, 1.82) is 5.26 Å². The second kappa shape index (κ2) is 15.1. The van der Waals surface area contributed by atoms with Crippen molar-refractivity contribution in [3.63, 3.8) is 0 Å². The summed E-state index contributed by atoms with van der Waals surface area (Å²) >= 11 is 6.38. The van der Waals surface area contributed by atoms with Crippen LogP contribution < -0.4 is 20.0 Å². The van der Waals surface area contributed by atoms with Crippen molar-refractivity contribution in [3.8, 4) is 6.07 Å². The molecule has 1 unspecified atom stereocenters. The fraction of sp³-hybridized carbons (Fsp3) is 0.455. The molecule has 0 saturated carbocycles. The van der Waals surface area contributed by atoms with Crippen molar-refractivity contribution in [1.82, 2.24) is 20.0 Å². The monoisotopic (exact) mass is 802 g/mol. The zero-order chi connectivity index (χ0) is 40.3. The second-order valence-corrected chi connectivity index (χ2v) is 17.3. The Kier molecular flexibility index (Phi) is 9.88. The van der Waals surface area contributed by atoms with Crippen LogP contribution in [0.15, 0.2) is 60.7 Å². The normalized spacial score (nSPS) is 24.8. The lowest BCUT2D eigenvalue weighted by Crippen LogP contribution is -2.54. The fourth-order valence-corrected chi connectivity index (χ4v) is 10.5. The van der Waals surface area contributed by atoms with Gasteiger partial charge in [0.05, 0.1) is 21.7 Å². The quantitative estimate of drug-likeness (QED) is 0.354. The molecule has 6 aliphatic rings. The number of nitrogens with one attached hydrogen (secondary N) is 1. The highest BCUT2D eigenvalue weighted by Crippen LogP contribution is 2.46. The predicted octanol–water partition coefficient (Wildman–Crippen LogP) is 4.53. The first-order valence-corrected chi connectivity index (χ1v) is 20.8. The average molecular weight is 803 g/mol. The van der Waals surface area contributed by atoms with Gasteiger partial charge in [0.1, 0.15) is 12.1 Å². The number of carbonyl (C=O) groups is 5. The number of anilines is 3. The second-order valence-electron chi connectivity index (χ2n) is 16.9. The molecular formula is C44H47ClN8O5. The molecule has 5 fully saturated rings. The number of piperazine rings is 1. The topological polar surface area (TPSA) is 141 Å². The lowest BCUT2D eigenvalue weighted by molar-refractivity contribution is -0.136. The van der Waals surface area contributed by atoms with Crippen LogP contribution in [0.25, 0.3) is 0 Å². The molecule has 0 aromatic heterocycles. The molecule has 13 nitrogen and oxygen atoms in total. The first-order valence-electron chi connectivity index (χ1n) is 20.5. The van der Waals surface area contributed by atoms with Gasteiger partial charge in [-0.05, 0) is 105 Å². The number of amides is 5. The van der Waals surface area contributed by atoms with E-state index in [0.29, 0.717) is 46.9 Å². The smallest absolute Gasteiger partial charge is 0.262 e. The lowest BCUT2D eigenvalue weighted by atomic mass is 9.76. The fourth-order valence-electron chi connectivity index (χ4n) is 10.3. The SMILES string of the molecule is C[C@H]1CC2(CCN(c3ccc(C(=O)N4CCN([C@@H]5CCN(c6ccc7c(c6)C(=O)N(C6CCC(=O)NC6=O)C7=O)C5)CC4)cc3)CC2)CN1c1ccc(C#N)c(Cl)c1. The molecule has 9 rings (SSSR count). The molecule has 3 aromatic carbocycles. The molecule has 3 atom stereocenters. The van der Waals surface area contributed by atoms with Gasteiger partial charge < -0.3 is 19.6 Å². The molecule has 5 saturated heterocycles. The number of fused-ring (bicyclic) bond motifs is 1. The molecular weight excluding hydrogens is 756 g/mol. The maximum atomic E-state index is 13.6. The van der Waals surface area contributed by atoms with Crippen LogP contribution in [0.4, 0.5) is 17.1 Å². The van der Waals surface area contributed by atoms with E-state index in [9.17, 15) is 29.2 Å². The molecule has 6 aliphatic heterocycles. The van der Waals surface area contributed by atoms with E-state index in [0.717, 1.165) is 93.5 Å². The Morgan fingerprint density at radius 2 is 1.52 bits per heavy atom. The van der Waals surface area contributed by atoms with E-state index in [1.165, 1.54) is 0 Å². The molecule has 1 N–H and O–H groups in total. The van der Waals surface area contributed by atoms with Gasteiger partial charge in [-0.15, -0.1) is 0 Å². The van der Waals surface area contributed by atoms with Crippen LogP contribution in [0.1, 0.15) is 82.1 Å². The van der Waals surface area contributed by atoms with Crippen LogP contribution in [-0.4, -0.2) is 121 Å². The summed E-state index contributed by atoms with van der Waals surface area (Å²) in [5.74, 6) is -1.95. The zero-order valence-corrected chi connectivity index (χ0v) is 33.4. The predicted molar refractivity (Wildman–Crippen MR) is 219 cm³/mol. The van der Waals surface area contributed by atoms with E-state index in [1.54, 1.807) is 12.1 Å².